The van der Waals surface area contributed by atoms with Crippen molar-refractivity contribution < 1.29 is 5.11 Å². The number of aliphatic hydroxyl groups is 1. The van der Waals surface area contributed by atoms with Gasteiger partial charge in [0.15, 0.2) is 0 Å². The van der Waals surface area contributed by atoms with Crippen molar-refractivity contribution in [3.05, 3.63) is 0 Å². The highest BCUT2D eigenvalue weighted by atomic mass is 16.3. The number of hydrogen-bond donors (Lipinski definition) is 1. The van der Waals surface area contributed by atoms with Gasteiger partial charge in [0.25, 0.3) is 0 Å². The highest BCUT2D eigenvalue weighted by Crippen LogP contribution is 2.41. The van der Waals surface area contributed by atoms with Gasteiger partial charge < -0.3 is 5.11 Å². The molecule has 0 saturated heterocycles. The van der Waals surface area contributed by atoms with Crippen molar-refractivity contribution >= 4 is 0 Å². The normalized spacial score (nSPS) is 33.9. The van der Waals surface area contributed by atoms with Crippen molar-refractivity contribution in [1.82, 2.24) is 4.90 Å². The fraction of sp³-hybridized carbons (Fsp3) is 1.00. The summed E-state index contributed by atoms with van der Waals surface area (Å²) in [7, 11) is 0. The maximum absolute atomic E-state index is 10.4. The molecule has 0 aromatic rings. The Hall–Kier alpha value is -0.0800. The zero-order valence-electron chi connectivity index (χ0n) is 11.2. The first kappa shape index (κ1) is 12.4. The van der Waals surface area contributed by atoms with Gasteiger partial charge in [-0.3, -0.25) is 4.90 Å². The van der Waals surface area contributed by atoms with Gasteiger partial charge in [0, 0.05) is 18.6 Å². The van der Waals surface area contributed by atoms with Crippen LogP contribution in [0.5, 0.6) is 0 Å². The van der Waals surface area contributed by atoms with Gasteiger partial charge in [-0.15, -0.1) is 0 Å². The molecule has 2 nitrogen and oxygen atoms in total. The lowest BCUT2D eigenvalue weighted by Gasteiger charge is -2.37. The van der Waals surface area contributed by atoms with E-state index in [1.165, 1.54) is 25.8 Å². The summed E-state index contributed by atoms with van der Waals surface area (Å²) in [5.41, 5.74) is 0.112. The van der Waals surface area contributed by atoms with Crippen LogP contribution in [0, 0.1) is 11.3 Å². The molecule has 2 rings (SSSR count). The summed E-state index contributed by atoms with van der Waals surface area (Å²) in [6.45, 7) is 10.1. The van der Waals surface area contributed by atoms with Crippen LogP contribution in [0.1, 0.15) is 53.4 Å². The van der Waals surface area contributed by atoms with E-state index in [1.807, 2.05) is 0 Å². The second-order valence-corrected chi connectivity index (χ2v) is 6.77. The van der Waals surface area contributed by atoms with Gasteiger partial charge in [-0.1, -0.05) is 13.8 Å². The summed E-state index contributed by atoms with van der Waals surface area (Å²) in [5.74, 6) is 0.915. The highest BCUT2D eigenvalue weighted by Gasteiger charge is 2.44. The van der Waals surface area contributed by atoms with Gasteiger partial charge in [0.05, 0.1) is 6.10 Å². The highest BCUT2D eigenvalue weighted by molar-refractivity contribution is 4.98. The van der Waals surface area contributed by atoms with Crippen molar-refractivity contribution in [3.8, 4) is 0 Å². The fourth-order valence-corrected chi connectivity index (χ4v) is 3.02. The molecular formula is C14H27NO. The van der Waals surface area contributed by atoms with E-state index in [-0.39, 0.29) is 11.5 Å². The molecule has 0 bridgehead atoms. The zero-order valence-corrected chi connectivity index (χ0v) is 11.2. The summed E-state index contributed by atoms with van der Waals surface area (Å²) in [6, 6.07) is 0.963. The average molecular weight is 225 g/mol. The number of aliphatic hydroxyl groups excluding tert-OH is 1. The lowest BCUT2D eigenvalue weighted by atomic mass is 9.88. The summed E-state index contributed by atoms with van der Waals surface area (Å²) < 4.78 is 0. The molecule has 0 aliphatic heterocycles. The largest absolute Gasteiger partial charge is 0.391 e. The summed E-state index contributed by atoms with van der Waals surface area (Å²) in [6.07, 6.45) is 4.98. The summed E-state index contributed by atoms with van der Waals surface area (Å²) >= 11 is 0. The van der Waals surface area contributed by atoms with Gasteiger partial charge in [-0.05, 0) is 50.9 Å². The predicted octanol–water partition coefficient (Wildman–Crippen LogP) is 2.66. The zero-order chi connectivity index (χ0) is 11.9. The molecule has 2 saturated carbocycles. The van der Waals surface area contributed by atoms with E-state index in [2.05, 4.69) is 32.6 Å². The van der Waals surface area contributed by atoms with Crippen LogP contribution in [0.4, 0.5) is 0 Å². The molecule has 94 valence electrons. The first-order valence-corrected chi connectivity index (χ1v) is 6.85. The molecule has 0 spiro atoms. The maximum Gasteiger partial charge on any atom is 0.0746 e. The second-order valence-electron chi connectivity index (χ2n) is 6.77. The molecule has 2 atom stereocenters. The van der Waals surface area contributed by atoms with Crippen LogP contribution in [0.25, 0.3) is 0 Å². The van der Waals surface area contributed by atoms with Crippen LogP contribution in [0.3, 0.4) is 0 Å². The van der Waals surface area contributed by atoms with Crippen molar-refractivity contribution in [2.45, 2.75) is 71.6 Å². The van der Waals surface area contributed by atoms with E-state index >= 15 is 0 Å². The molecule has 0 aromatic carbocycles. The van der Waals surface area contributed by atoms with Gasteiger partial charge in [-0.2, -0.15) is 0 Å². The fourth-order valence-electron chi connectivity index (χ4n) is 3.02. The Morgan fingerprint density at radius 2 is 1.88 bits per heavy atom. The van der Waals surface area contributed by atoms with Crippen molar-refractivity contribution in [2.75, 3.05) is 6.54 Å². The van der Waals surface area contributed by atoms with Crippen LogP contribution in [-0.4, -0.2) is 34.7 Å². The number of rotatable bonds is 4. The van der Waals surface area contributed by atoms with E-state index < -0.39 is 0 Å². The Labute approximate surface area is 100 Å². The smallest absolute Gasteiger partial charge is 0.0746 e. The number of nitrogens with zero attached hydrogens (tertiary/aromatic N) is 1. The van der Waals surface area contributed by atoms with Crippen LogP contribution >= 0.6 is 0 Å². The summed E-state index contributed by atoms with van der Waals surface area (Å²) in [5, 5.41) is 10.4. The van der Waals surface area contributed by atoms with Gasteiger partial charge >= 0.3 is 0 Å². The molecular weight excluding hydrogens is 198 g/mol. The third-order valence-electron chi connectivity index (χ3n) is 4.50. The van der Waals surface area contributed by atoms with E-state index in [0.29, 0.717) is 12.1 Å². The Bertz CT molecular complexity index is 245. The SMILES string of the molecule is CC(C)N(CC1CC1)C1CCC(C)(C)C1O. The maximum atomic E-state index is 10.4. The molecule has 2 heteroatoms. The second kappa shape index (κ2) is 4.30. The minimum Gasteiger partial charge on any atom is -0.391 e. The van der Waals surface area contributed by atoms with Crippen LogP contribution in [0.15, 0.2) is 0 Å². The van der Waals surface area contributed by atoms with Crippen molar-refractivity contribution in [1.29, 1.82) is 0 Å². The molecule has 0 radical (unpaired) electrons. The molecule has 0 amide bonds. The van der Waals surface area contributed by atoms with Crippen LogP contribution in [-0.2, 0) is 0 Å². The summed E-state index contributed by atoms with van der Waals surface area (Å²) in [4.78, 5) is 2.55. The van der Waals surface area contributed by atoms with Crippen LogP contribution < -0.4 is 0 Å². The predicted molar refractivity (Wildman–Crippen MR) is 67.4 cm³/mol. The minimum atomic E-state index is -0.145. The first-order chi connectivity index (χ1) is 7.42. The topological polar surface area (TPSA) is 23.5 Å². The van der Waals surface area contributed by atoms with Crippen LogP contribution in [0.2, 0.25) is 0 Å². The minimum absolute atomic E-state index is 0.112. The molecule has 2 aliphatic carbocycles. The van der Waals surface area contributed by atoms with Gasteiger partial charge in [0.2, 0.25) is 0 Å². The van der Waals surface area contributed by atoms with E-state index in [0.717, 1.165) is 12.3 Å². The standard InChI is InChI=1S/C14H27NO/c1-10(2)15(9-11-5-6-11)12-7-8-14(3,4)13(12)16/h10-13,16H,5-9H2,1-4H3. The molecule has 0 aromatic heterocycles. The third kappa shape index (κ3) is 2.43. The van der Waals surface area contributed by atoms with Crippen molar-refractivity contribution in [3.63, 3.8) is 0 Å². The lowest BCUT2D eigenvalue weighted by Crippen LogP contribution is -2.48. The Morgan fingerprint density at radius 1 is 1.25 bits per heavy atom. The average Bonchev–Trinajstić information content (AvgIpc) is 2.95. The molecule has 16 heavy (non-hydrogen) atoms. The van der Waals surface area contributed by atoms with Crippen molar-refractivity contribution in [2.24, 2.45) is 11.3 Å². The molecule has 0 heterocycles. The van der Waals surface area contributed by atoms with E-state index in [1.54, 1.807) is 0 Å². The number of hydrogen-bond acceptors (Lipinski definition) is 2. The van der Waals surface area contributed by atoms with E-state index in [4.69, 9.17) is 0 Å². The molecule has 1 N–H and O–H groups in total. The van der Waals surface area contributed by atoms with E-state index in [9.17, 15) is 5.11 Å². The Balaban J connectivity index is 2.02. The lowest BCUT2D eigenvalue weighted by molar-refractivity contribution is 0.00175. The Morgan fingerprint density at radius 3 is 2.25 bits per heavy atom. The molecule has 2 aliphatic rings. The quantitative estimate of drug-likeness (QED) is 0.795. The molecule has 2 fully saturated rings. The molecule has 2 unspecified atom stereocenters. The third-order valence-corrected chi connectivity index (χ3v) is 4.50. The monoisotopic (exact) mass is 225 g/mol. The Kier molecular flexibility index (Phi) is 3.33. The van der Waals surface area contributed by atoms with Gasteiger partial charge in [0.1, 0.15) is 0 Å². The van der Waals surface area contributed by atoms with Gasteiger partial charge in [-0.25, -0.2) is 0 Å². The first-order valence-electron chi connectivity index (χ1n) is 6.85.